The van der Waals surface area contributed by atoms with Crippen molar-refractivity contribution in [1.29, 1.82) is 0 Å². The van der Waals surface area contributed by atoms with Crippen LogP contribution in [-0.2, 0) is 20.2 Å². The van der Waals surface area contributed by atoms with Gasteiger partial charge in [0, 0.05) is 11.6 Å². The van der Waals surface area contributed by atoms with Gasteiger partial charge in [-0.2, -0.15) is 12.7 Å². The van der Waals surface area contributed by atoms with E-state index in [1.165, 1.54) is 18.2 Å². The second kappa shape index (κ2) is 9.58. The number of aryl methyl sites for hydroxylation is 2. The first-order valence-corrected chi connectivity index (χ1v) is 14.1. The van der Waals surface area contributed by atoms with Gasteiger partial charge in [-0.15, -0.1) is 0 Å². The van der Waals surface area contributed by atoms with Crippen molar-refractivity contribution in [3.8, 4) is 16.9 Å². The SMILES string of the molecule is Cc1cc(-c2ccc3c(c2)C2(CCCCC2)C[NH+]3S(=O)(=O)c2ccc(OCC(=O)O)c(C)c2)ccc1F. The van der Waals surface area contributed by atoms with Crippen molar-refractivity contribution >= 4 is 21.7 Å². The fourth-order valence-electron chi connectivity index (χ4n) is 5.87. The molecule has 0 radical (unpaired) electrons. The van der Waals surface area contributed by atoms with E-state index in [0.717, 1.165) is 54.5 Å². The maximum atomic E-state index is 14.0. The normalized spacial score (nSPS) is 18.5. The van der Waals surface area contributed by atoms with Gasteiger partial charge in [-0.1, -0.05) is 25.3 Å². The summed E-state index contributed by atoms with van der Waals surface area (Å²) in [5, 5.41) is 8.88. The van der Waals surface area contributed by atoms with E-state index in [-0.39, 0.29) is 16.1 Å². The van der Waals surface area contributed by atoms with Crippen LogP contribution < -0.4 is 9.04 Å². The Morgan fingerprint density at radius 3 is 2.35 bits per heavy atom. The number of quaternary nitrogens is 1. The number of hydrogen-bond acceptors (Lipinski definition) is 4. The smallest absolute Gasteiger partial charge is 0.341 e. The van der Waals surface area contributed by atoms with Gasteiger partial charge in [-0.3, -0.25) is 0 Å². The van der Waals surface area contributed by atoms with Crippen LogP contribution in [0.5, 0.6) is 5.75 Å². The van der Waals surface area contributed by atoms with Gasteiger partial charge in [0.25, 0.3) is 0 Å². The summed E-state index contributed by atoms with van der Waals surface area (Å²) in [6, 6.07) is 15.6. The Labute approximate surface area is 216 Å². The van der Waals surface area contributed by atoms with E-state index in [0.29, 0.717) is 27.7 Å². The zero-order chi connectivity index (χ0) is 26.4. The molecule has 37 heavy (non-hydrogen) atoms. The molecule has 1 heterocycles. The third-order valence-corrected chi connectivity index (χ3v) is 9.71. The summed E-state index contributed by atoms with van der Waals surface area (Å²) < 4.78 is 47.6. The molecular formula is C29H31FNO5S+. The topological polar surface area (TPSA) is 85.1 Å². The Hall–Kier alpha value is -3.23. The number of hydrogen-bond donors (Lipinski definition) is 2. The van der Waals surface area contributed by atoms with Gasteiger partial charge in [-0.05, 0) is 91.4 Å². The minimum atomic E-state index is -3.79. The largest absolute Gasteiger partial charge is 0.482 e. The molecule has 1 atom stereocenters. The molecule has 0 saturated heterocycles. The zero-order valence-corrected chi connectivity index (χ0v) is 21.8. The van der Waals surface area contributed by atoms with Gasteiger partial charge >= 0.3 is 16.0 Å². The van der Waals surface area contributed by atoms with E-state index < -0.39 is 22.6 Å². The molecule has 6 nitrogen and oxygen atoms in total. The average molecular weight is 525 g/mol. The number of carboxylic acids is 1. The molecule has 194 valence electrons. The highest BCUT2D eigenvalue weighted by Gasteiger charge is 2.51. The average Bonchev–Trinajstić information content (AvgIpc) is 3.19. The van der Waals surface area contributed by atoms with E-state index in [9.17, 15) is 17.6 Å². The number of fused-ring (bicyclic) bond motifs is 2. The quantitative estimate of drug-likeness (QED) is 0.489. The summed E-state index contributed by atoms with van der Waals surface area (Å²) >= 11 is 0. The Kier molecular flexibility index (Phi) is 6.58. The van der Waals surface area contributed by atoms with Crippen molar-refractivity contribution in [3.63, 3.8) is 0 Å². The number of halogens is 1. The molecule has 1 spiro atoms. The van der Waals surface area contributed by atoms with Crippen molar-refractivity contribution < 1.29 is 31.8 Å². The van der Waals surface area contributed by atoms with E-state index in [2.05, 4.69) is 6.07 Å². The van der Waals surface area contributed by atoms with Crippen molar-refractivity contribution in [2.24, 2.45) is 0 Å². The predicted octanol–water partition coefficient (Wildman–Crippen LogP) is 4.69. The lowest BCUT2D eigenvalue weighted by Gasteiger charge is -2.32. The van der Waals surface area contributed by atoms with E-state index in [4.69, 9.17) is 9.84 Å². The number of nitrogens with one attached hydrogen (secondary N) is 1. The third kappa shape index (κ3) is 4.64. The minimum absolute atomic E-state index is 0.180. The second-order valence-electron chi connectivity index (χ2n) is 10.3. The van der Waals surface area contributed by atoms with Gasteiger partial charge in [-0.25, -0.2) is 9.18 Å². The molecule has 1 saturated carbocycles. The molecule has 0 aromatic heterocycles. The summed E-state index contributed by atoms with van der Waals surface area (Å²) in [5.74, 6) is -0.992. The Morgan fingerprint density at radius 2 is 1.68 bits per heavy atom. The van der Waals surface area contributed by atoms with Gasteiger partial charge in [0.05, 0.1) is 5.41 Å². The van der Waals surface area contributed by atoms with Crippen LogP contribution in [0.15, 0.2) is 59.5 Å². The number of rotatable bonds is 6. The molecule has 1 unspecified atom stereocenters. The Morgan fingerprint density at radius 1 is 0.973 bits per heavy atom. The number of benzene rings is 3. The second-order valence-corrected chi connectivity index (χ2v) is 12.2. The molecule has 2 N–H and O–H groups in total. The lowest BCUT2D eigenvalue weighted by Crippen LogP contribution is -3.08. The lowest BCUT2D eigenvalue weighted by molar-refractivity contribution is -0.688. The fraction of sp³-hybridized carbons (Fsp3) is 0.345. The van der Waals surface area contributed by atoms with E-state index in [1.807, 2.05) is 18.2 Å². The number of ether oxygens (including phenoxy) is 1. The van der Waals surface area contributed by atoms with Crippen molar-refractivity contribution in [3.05, 3.63) is 77.1 Å². The summed E-state index contributed by atoms with van der Waals surface area (Å²) in [6.45, 7) is 3.43. The van der Waals surface area contributed by atoms with Crippen molar-refractivity contribution in [1.82, 2.24) is 0 Å². The Balaban J connectivity index is 1.55. The van der Waals surface area contributed by atoms with Gasteiger partial charge in [0.1, 0.15) is 23.0 Å². The Bertz CT molecular complexity index is 1480. The lowest BCUT2D eigenvalue weighted by atomic mass is 9.70. The predicted molar refractivity (Wildman–Crippen MR) is 138 cm³/mol. The van der Waals surface area contributed by atoms with Crippen LogP contribution in [0.2, 0.25) is 0 Å². The third-order valence-electron chi connectivity index (χ3n) is 7.82. The van der Waals surface area contributed by atoms with E-state index in [1.54, 1.807) is 26.0 Å². The summed E-state index contributed by atoms with van der Waals surface area (Å²) in [4.78, 5) is 11.0. The molecule has 0 bridgehead atoms. The molecule has 3 aromatic rings. The highest BCUT2D eigenvalue weighted by atomic mass is 32.2. The molecule has 5 rings (SSSR count). The molecular weight excluding hydrogens is 493 g/mol. The molecule has 1 aliphatic carbocycles. The number of sulfonamides is 1. The molecule has 2 aliphatic rings. The van der Waals surface area contributed by atoms with Crippen LogP contribution in [0.4, 0.5) is 10.1 Å². The highest BCUT2D eigenvalue weighted by molar-refractivity contribution is 7.85. The zero-order valence-electron chi connectivity index (χ0n) is 21.0. The number of carbonyl (C=O) groups is 1. The molecule has 1 aliphatic heterocycles. The van der Waals surface area contributed by atoms with Crippen LogP contribution >= 0.6 is 0 Å². The number of carboxylic acid groups (broad SMARTS) is 1. The van der Waals surface area contributed by atoms with Gasteiger partial charge < -0.3 is 9.84 Å². The van der Waals surface area contributed by atoms with Crippen LogP contribution in [0, 0.1) is 19.7 Å². The summed E-state index contributed by atoms with van der Waals surface area (Å²) in [7, 11) is -3.79. The molecule has 0 amide bonds. The van der Waals surface area contributed by atoms with Gasteiger partial charge in [0.2, 0.25) is 0 Å². The monoisotopic (exact) mass is 524 g/mol. The highest BCUT2D eigenvalue weighted by Crippen LogP contribution is 2.46. The van der Waals surface area contributed by atoms with Crippen molar-refractivity contribution in [2.75, 3.05) is 13.2 Å². The van der Waals surface area contributed by atoms with E-state index >= 15 is 0 Å². The molecule has 1 fully saturated rings. The first-order chi connectivity index (χ1) is 17.6. The summed E-state index contributed by atoms with van der Waals surface area (Å²) in [5.41, 5.74) is 4.64. The van der Waals surface area contributed by atoms with Crippen molar-refractivity contribution in [2.45, 2.75) is 56.3 Å². The standard InChI is InChI=1S/C29H30FNO5S/c1-19-14-21(6-9-25(19)30)22-7-10-26-24(16-22)29(12-4-3-5-13-29)18-31(26)37(34,35)23-8-11-27(20(2)15-23)36-17-28(32)33/h6-11,14-16H,3-5,12-13,17-18H2,1-2H3,(H,32,33)/p+1. The van der Waals surface area contributed by atoms with Crippen LogP contribution in [0.1, 0.15) is 48.8 Å². The fourth-order valence-corrected chi connectivity index (χ4v) is 7.67. The first kappa shape index (κ1) is 25.4. The molecule has 8 heteroatoms. The first-order valence-electron chi connectivity index (χ1n) is 12.6. The van der Waals surface area contributed by atoms with Crippen LogP contribution in [0.3, 0.4) is 0 Å². The van der Waals surface area contributed by atoms with Crippen LogP contribution in [-0.4, -0.2) is 32.6 Å². The summed E-state index contributed by atoms with van der Waals surface area (Å²) in [6.07, 6.45) is 5.13. The minimum Gasteiger partial charge on any atom is -0.482 e. The maximum absolute atomic E-state index is 14.0. The number of aliphatic carboxylic acids is 1. The maximum Gasteiger partial charge on any atom is 0.341 e. The molecule has 3 aromatic carbocycles. The van der Waals surface area contributed by atoms with Gasteiger partial charge in [0.15, 0.2) is 12.3 Å². The van der Waals surface area contributed by atoms with Crippen LogP contribution in [0.25, 0.3) is 11.1 Å².